The van der Waals surface area contributed by atoms with E-state index in [0.717, 1.165) is 4.68 Å². The number of Topliss-reactive ketones (excluding diaryl/α,β-unsaturated/α-hetero) is 1. The number of carbonyl (C=O) groups is 2. The molecule has 2 aromatic carbocycles. The molecule has 0 saturated carbocycles. The van der Waals surface area contributed by atoms with Crippen LogP contribution in [-0.2, 0) is 11.3 Å². The Labute approximate surface area is 165 Å². The molecule has 1 aromatic heterocycles. The average Bonchev–Trinajstić information content (AvgIpc) is 2.69. The highest BCUT2D eigenvalue weighted by Gasteiger charge is 2.12. The number of nitrogens with one attached hydrogen (secondary N) is 1. The topological polar surface area (TPSA) is 90.3 Å². The van der Waals surface area contributed by atoms with Gasteiger partial charge < -0.3 is 10.1 Å². The second-order valence-electron chi connectivity index (χ2n) is 6.24. The van der Waals surface area contributed by atoms with Gasteiger partial charge in [0.15, 0.2) is 5.78 Å². The van der Waals surface area contributed by atoms with E-state index in [-0.39, 0.29) is 18.1 Å². The maximum Gasteiger partial charge on any atom is 0.267 e. The lowest BCUT2D eigenvalue weighted by atomic mass is 10.1. The molecule has 1 amide bonds. The fourth-order valence-corrected chi connectivity index (χ4v) is 2.73. The lowest BCUT2D eigenvalue weighted by Gasteiger charge is -2.11. The maximum atomic E-state index is 13.4. The molecule has 0 atom stereocenters. The number of nitrogens with zero attached hydrogens (tertiary/aromatic N) is 2. The van der Waals surface area contributed by atoms with E-state index in [9.17, 15) is 18.8 Å². The zero-order chi connectivity index (χ0) is 21.0. The summed E-state index contributed by atoms with van der Waals surface area (Å²) in [5.41, 5.74) is 1.27. The number of ether oxygens (including phenoxy) is 1. The standard InChI is InChI=1S/C21H18FN3O4/c1-13(26)14-4-3-5-16(10-14)23-20(27)12-25-21(28)9-8-18(24-25)17-7-6-15(22)11-19(17)29-2/h3-11H,12H2,1-2H3,(H,23,27). The molecule has 0 saturated heterocycles. The fourth-order valence-electron chi connectivity index (χ4n) is 2.73. The molecule has 0 aliphatic heterocycles. The summed E-state index contributed by atoms with van der Waals surface area (Å²) >= 11 is 0. The molecule has 0 aliphatic carbocycles. The van der Waals surface area contributed by atoms with Crippen LogP contribution in [0.5, 0.6) is 5.75 Å². The van der Waals surface area contributed by atoms with Crippen LogP contribution in [0.1, 0.15) is 17.3 Å². The highest BCUT2D eigenvalue weighted by atomic mass is 19.1. The van der Waals surface area contributed by atoms with Gasteiger partial charge in [-0.1, -0.05) is 12.1 Å². The van der Waals surface area contributed by atoms with Crippen LogP contribution in [0.4, 0.5) is 10.1 Å². The zero-order valence-corrected chi connectivity index (χ0v) is 15.8. The first-order valence-electron chi connectivity index (χ1n) is 8.70. The number of hydrogen-bond acceptors (Lipinski definition) is 5. The van der Waals surface area contributed by atoms with Crippen molar-refractivity contribution in [1.29, 1.82) is 0 Å². The van der Waals surface area contributed by atoms with Gasteiger partial charge in [-0.05, 0) is 37.3 Å². The summed E-state index contributed by atoms with van der Waals surface area (Å²) in [6.45, 7) is 1.10. The summed E-state index contributed by atoms with van der Waals surface area (Å²) in [5, 5.41) is 6.83. The van der Waals surface area contributed by atoms with Crippen LogP contribution in [0, 0.1) is 5.82 Å². The third-order valence-electron chi connectivity index (χ3n) is 4.15. The summed E-state index contributed by atoms with van der Waals surface area (Å²) in [6, 6.07) is 13.2. The Bertz CT molecular complexity index is 1140. The molecule has 1 N–H and O–H groups in total. The number of anilines is 1. The van der Waals surface area contributed by atoms with Crippen molar-refractivity contribution in [3.8, 4) is 17.0 Å². The van der Waals surface area contributed by atoms with Gasteiger partial charge in [0.25, 0.3) is 5.56 Å². The molecule has 3 aromatic rings. The van der Waals surface area contributed by atoms with Crippen molar-refractivity contribution in [3.63, 3.8) is 0 Å². The SMILES string of the molecule is COc1cc(F)ccc1-c1ccc(=O)n(CC(=O)Nc2cccc(C(C)=O)c2)n1. The van der Waals surface area contributed by atoms with Crippen LogP contribution in [0.25, 0.3) is 11.3 Å². The molecule has 0 fully saturated rings. The molecular formula is C21H18FN3O4. The van der Waals surface area contributed by atoms with Crippen LogP contribution < -0.4 is 15.6 Å². The van der Waals surface area contributed by atoms with Crippen LogP contribution in [0.15, 0.2) is 59.4 Å². The van der Waals surface area contributed by atoms with Crippen LogP contribution in [0.2, 0.25) is 0 Å². The lowest BCUT2D eigenvalue weighted by Crippen LogP contribution is -2.29. The van der Waals surface area contributed by atoms with Gasteiger partial charge in [0.05, 0.1) is 12.8 Å². The first-order valence-corrected chi connectivity index (χ1v) is 8.70. The third kappa shape index (κ3) is 4.73. The number of rotatable bonds is 6. The molecule has 29 heavy (non-hydrogen) atoms. The Kier molecular flexibility index (Phi) is 5.82. The molecule has 3 rings (SSSR count). The minimum absolute atomic E-state index is 0.125. The number of carbonyl (C=O) groups excluding carboxylic acids is 2. The number of benzene rings is 2. The van der Waals surface area contributed by atoms with E-state index in [1.807, 2.05) is 0 Å². The average molecular weight is 395 g/mol. The smallest absolute Gasteiger partial charge is 0.267 e. The molecule has 0 unspecified atom stereocenters. The van der Waals surface area contributed by atoms with Gasteiger partial charge in [-0.3, -0.25) is 14.4 Å². The highest BCUT2D eigenvalue weighted by Crippen LogP contribution is 2.28. The molecule has 8 heteroatoms. The summed E-state index contributed by atoms with van der Waals surface area (Å²) in [4.78, 5) is 36.0. The monoisotopic (exact) mass is 395 g/mol. The first-order chi connectivity index (χ1) is 13.9. The Morgan fingerprint density at radius 3 is 2.66 bits per heavy atom. The van der Waals surface area contributed by atoms with Crippen molar-refractivity contribution >= 4 is 17.4 Å². The number of ketones is 1. The number of amides is 1. The Morgan fingerprint density at radius 2 is 1.93 bits per heavy atom. The summed E-state index contributed by atoms with van der Waals surface area (Å²) < 4.78 is 19.6. The third-order valence-corrected chi connectivity index (χ3v) is 4.15. The van der Waals surface area contributed by atoms with E-state index in [0.29, 0.717) is 22.5 Å². The minimum atomic E-state index is -0.483. The molecule has 148 valence electrons. The summed E-state index contributed by atoms with van der Waals surface area (Å²) in [7, 11) is 1.40. The summed E-state index contributed by atoms with van der Waals surface area (Å²) in [6.07, 6.45) is 0. The predicted molar refractivity (Wildman–Crippen MR) is 106 cm³/mol. The van der Waals surface area contributed by atoms with E-state index >= 15 is 0 Å². The van der Waals surface area contributed by atoms with Gasteiger partial charge in [-0.15, -0.1) is 0 Å². The lowest BCUT2D eigenvalue weighted by molar-refractivity contribution is -0.117. The van der Waals surface area contributed by atoms with Crippen LogP contribution in [-0.4, -0.2) is 28.6 Å². The molecule has 0 spiro atoms. The Hall–Kier alpha value is -3.81. The largest absolute Gasteiger partial charge is 0.496 e. The van der Waals surface area contributed by atoms with E-state index in [1.165, 1.54) is 44.4 Å². The highest BCUT2D eigenvalue weighted by molar-refractivity contribution is 5.97. The molecule has 7 nitrogen and oxygen atoms in total. The van der Waals surface area contributed by atoms with E-state index in [1.54, 1.807) is 24.3 Å². The molecule has 0 bridgehead atoms. The fraction of sp³-hybridized carbons (Fsp3) is 0.143. The van der Waals surface area contributed by atoms with Gasteiger partial charge in [-0.2, -0.15) is 5.10 Å². The van der Waals surface area contributed by atoms with Gasteiger partial charge >= 0.3 is 0 Å². The van der Waals surface area contributed by atoms with Crippen molar-refractivity contribution in [2.24, 2.45) is 0 Å². The normalized spacial score (nSPS) is 10.4. The number of methoxy groups -OCH3 is 1. The van der Waals surface area contributed by atoms with E-state index in [4.69, 9.17) is 4.74 Å². The van der Waals surface area contributed by atoms with Gasteiger partial charge in [0.2, 0.25) is 5.91 Å². The quantitative estimate of drug-likeness (QED) is 0.648. The van der Waals surface area contributed by atoms with E-state index < -0.39 is 17.3 Å². The Morgan fingerprint density at radius 1 is 1.14 bits per heavy atom. The van der Waals surface area contributed by atoms with Crippen LogP contribution in [0.3, 0.4) is 0 Å². The molecule has 0 aliphatic rings. The Balaban J connectivity index is 1.84. The molecule has 0 radical (unpaired) electrons. The van der Waals surface area contributed by atoms with Gasteiger partial charge in [0, 0.05) is 28.9 Å². The minimum Gasteiger partial charge on any atom is -0.496 e. The first kappa shape index (κ1) is 19.9. The number of hydrogen-bond donors (Lipinski definition) is 1. The number of aromatic nitrogens is 2. The van der Waals surface area contributed by atoms with Crippen molar-refractivity contribution in [3.05, 3.63) is 76.3 Å². The summed E-state index contributed by atoms with van der Waals surface area (Å²) in [5.74, 6) is -0.817. The van der Waals surface area contributed by atoms with Crippen molar-refractivity contribution in [2.75, 3.05) is 12.4 Å². The number of halogens is 1. The molecule has 1 heterocycles. The molecular weight excluding hydrogens is 377 g/mol. The van der Waals surface area contributed by atoms with Crippen LogP contribution >= 0.6 is 0 Å². The second kappa shape index (κ2) is 8.47. The maximum absolute atomic E-state index is 13.4. The van der Waals surface area contributed by atoms with E-state index in [2.05, 4.69) is 10.4 Å². The zero-order valence-electron chi connectivity index (χ0n) is 15.8. The predicted octanol–water partition coefficient (Wildman–Crippen LogP) is 2.90. The van der Waals surface area contributed by atoms with Crippen molar-refractivity contribution < 1.29 is 18.7 Å². The van der Waals surface area contributed by atoms with Crippen molar-refractivity contribution in [2.45, 2.75) is 13.5 Å². The van der Waals surface area contributed by atoms with Gasteiger partial charge in [-0.25, -0.2) is 9.07 Å². The van der Waals surface area contributed by atoms with Gasteiger partial charge in [0.1, 0.15) is 18.1 Å². The second-order valence-corrected chi connectivity index (χ2v) is 6.24. The van der Waals surface area contributed by atoms with Crippen molar-refractivity contribution in [1.82, 2.24) is 9.78 Å².